The van der Waals surface area contributed by atoms with Gasteiger partial charge in [0.25, 0.3) is 0 Å². The van der Waals surface area contributed by atoms with Crippen molar-refractivity contribution >= 4 is 22.4 Å². The molecule has 2 N–H and O–H groups in total. The summed E-state index contributed by atoms with van der Waals surface area (Å²) in [5.74, 6) is 9.50. The first kappa shape index (κ1) is 20.9. The van der Waals surface area contributed by atoms with Gasteiger partial charge in [-0.3, -0.25) is 4.98 Å². The number of ether oxygens (including phenoxy) is 1. The average molecular weight is 436 g/mol. The molecule has 0 bridgehead atoms. The molecule has 0 unspecified atom stereocenters. The van der Waals surface area contributed by atoms with Gasteiger partial charge in [-0.05, 0) is 86.9 Å². The topological polar surface area (TPSA) is 72.0 Å². The minimum Gasteiger partial charge on any atom is -0.455 e. The van der Waals surface area contributed by atoms with E-state index in [-0.39, 0.29) is 0 Å². The SMILES string of the molecule is Cc1cc(Nc2ncnc3ccc(C#CC4CCNCC4)cc23)ccc1Oc1cccnc1. The van der Waals surface area contributed by atoms with Gasteiger partial charge in [-0.2, -0.15) is 0 Å². The number of pyridine rings is 1. The molecule has 1 aliphatic rings. The Labute approximate surface area is 193 Å². The highest BCUT2D eigenvalue weighted by Crippen LogP contribution is 2.29. The molecule has 33 heavy (non-hydrogen) atoms. The molecule has 0 amide bonds. The number of hydrogen-bond acceptors (Lipinski definition) is 6. The van der Waals surface area contributed by atoms with Crippen LogP contribution >= 0.6 is 0 Å². The van der Waals surface area contributed by atoms with Crippen molar-refractivity contribution in [3.05, 3.63) is 78.4 Å². The van der Waals surface area contributed by atoms with E-state index in [1.807, 2.05) is 49.4 Å². The third kappa shape index (κ3) is 5.11. The summed E-state index contributed by atoms with van der Waals surface area (Å²) < 4.78 is 5.94. The van der Waals surface area contributed by atoms with E-state index in [0.29, 0.717) is 11.7 Å². The molecule has 5 rings (SSSR count). The van der Waals surface area contributed by atoms with Crippen molar-refractivity contribution in [2.24, 2.45) is 5.92 Å². The zero-order chi connectivity index (χ0) is 22.5. The van der Waals surface area contributed by atoms with Gasteiger partial charge in [0.05, 0.1) is 11.7 Å². The normalized spacial score (nSPS) is 13.8. The van der Waals surface area contributed by atoms with Crippen LogP contribution in [0.4, 0.5) is 11.5 Å². The molecule has 1 saturated heterocycles. The third-order valence-corrected chi connectivity index (χ3v) is 5.69. The van der Waals surface area contributed by atoms with Gasteiger partial charge >= 0.3 is 0 Å². The number of aryl methyl sites for hydroxylation is 1. The first-order valence-corrected chi connectivity index (χ1v) is 11.2. The number of benzene rings is 2. The van der Waals surface area contributed by atoms with E-state index in [2.05, 4.69) is 43.5 Å². The van der Waals surface area contributed by atoms with Crippen LogP contribution in [0.15, 0.2) is 67.3 Å². The van der Waals surface area contributed by atoms with Crippen LogP contribution in [0, 0.1) is 24.7 Å². The van der Waals surface area contributed by atoms with E-state index in [4.69, 9.17) is 4.74 Å². The standard InChI is InChI=1S/C27H25N5O/c1-19-15-22(7-9-26(19)33-23-3-2-12-29-17-23)32-27-24-16-21(6-8-25(24)30-18-31-27)5-4-20-10-13-28-14-11-20/h2-3,6-9,12,15-18,20,28H,10-11,13-14H2,1H3,(H,30,31,32). The Hall–Kier alpha value is -3.95. The summed E-state index contributed by atoms with van der Waals surface area (Å²) in [4.78, 5) is 13.0. The van der Waals surface area contributed by atoms with Crippen LogP contribution in [0.2, 0.25) is 0 Å². The third-order valence-electron chi connectivity index (χ3n) is 5.69. The molecule has 164 valence electrons. The molecule has 0 atom stereocenters. The first-order chi connectivity index (χ1) is 16.2. The number of anilines is 2. The number of rotatable bonds is 4. The fraction of sp³-hybridized carbons (Fsp3) is 0.222. The second kappa shape index (κ2) is 9.68. The Balaban J connectivity index is 1.38. The van der Waals surface area contributed by atoms with Gasteiger partial charge in [-0.25, -0.2) is 9.97 Å². The molecule has 2 aromatic carbocycles. The molecule has 1 fully saturated rings. The lowest BCUT2D eigenvalue weighted by atomic mass is 9.98. The van der Waals surface area contributed by atoms with Gasteiger partial charge in [0.15, 0.2) is 0 Å². The molecular formula is C27H25N5O. The summed E-state index contributed by atoms with van der Waals surface area (Å²) >= 11 is 0. The van der Waals surface area contributed by atoms with E-state index in [1.165, 1.54) is 0 Å². The summed E-state index contributed by atoms with van der Waals surface area (Å²) in [6, 6.07) is 15.8. The molecule has 3 heterocycles. The van der Waals surface area contributed by atoms with E-state index >= 15 is 0 Å². The summed E-state index contributed by atoms with van der Waals surface area (Å²) in [6.07, 6.45) is 7.22. The van der Waals surface area contributed by atoms with Crippen LogP contribution in [0.25, 0.3) is 10.9 Å². The number of nitrogens with one attached hydrogen (secondary N) is 2. The van der Waals surface area contributed by atoms with Crippen LogP contribution in [0.3, 0.4) is 0 Å². The Bertz CT molecular complexity index is 1320. The van der Waals surface area contributed by atoms with Crippen molar-refractivity contribution < 1.29 is 4.74 Å². The highest BCUT2D eigenvalue weighted by Gasteiger charge is 2.10. The molecule has 4 aromatic rings. The Morgan fingerprint density at radius 2 is 1.97 bits per heavy atom. The maximum absolute atomic E-state index is 5.94. The highest BCUT2D eigenvalue weighted by atomic mass is 16.5. The smallest absolute Gasteiger partial charge is 0.145 e. The van der Waals surface area contributed by atoms with Gasteiger partial charge in [0, 0.05) is 28.8 Å². The Morgan fingerprint density at radius 3 is 2.79 bits per heavy atom. The average Bonchev–Trinajstić information content (AvgIpc) is 2.86. The maximum atomic E-state index is 5.94. The number of aromatic nitrogens is 3. The number of nitrogens with zero attached hydrogens (tertiary/aromatic N) is 3. The second-order valence-corrected chi connectivity index (χ2v) is 8.14. The summed E-state index contributed by atoms with van der Waals surface area (Å²) in [5.41, 5.74) is 3.80. The zero-order valence-corrected chi connectivity index (χ0v) is 18.5. The predicted molar refractivity (Wildman–Crippen MR) is 131 cm³/mol. The summed E-state index contributed by atoms with van der Waals surface area (Å²) in [6.45, 7) is 4.11. The van der Waals surface area contributed by atoms with E-state index in [0.717, 1.165) is 65.2 Å². The van der Waals surface area contributed by atoms with Crippen molar-refractivity contribution in [3.63, 3.8) is 0 Å². The Kier molecular flexibility index (Phi) is 6.14. The van der Waals surface area contributed by atoms with Crippen LogP contribution in [0.5, 0.6) is 11.5 Å². The fourth-order valence-electron chi connectivity index (χ4n) is 3.90. The van der Waals surface area contributed by atoms with Crippen molar-refractivity contribution in [1.29, 1.82) is 0 Å². The van der Waals surface area contributed by atoms with E-state index in [1.54, 1.807) is 18.7 Å². The highest BCUT2D eigenvalue weighted by molar-refractivity contribution is 5.91. The molecule has 6 nitrogen and oxygen atoms in total. The molecule has 1 aliphatic heterocycles. The molecule has 0 spiro atoms. The second-order valence-electron chi connectivity index (χ2n) is 8.14. The van der Waals surface area contributed by atoms with Crippen molar-refractivity contribution in [1.82, 2.24) is 20.3 Å². The van der Waals surface area contributed by atoms with Crippen LogP contribution in [-0.2, 0) is 0 Å². The van der Waals surface area contributed by atoms with Crippen molar-refractivity contribution in [2.45, 2.75) is 19.8 Å². The largest absolute Gasteiger partial charge is 0.455 e. The number of fused-ring (bicyclic) bond motifs is 1. The minimum absolute atomic E-state index is 0.460. The van der Waals surface area contributed by atoms with Crippen LogP contribution in [-0.4, -0.2) is 28.0 Å². The van der Waals surface area contributed by atoms with Gasteiger partial charge in [-0.15, -0.1) is 0 Å². The van der Waals surface area contributed by atoms with Gasteiger partial charge in [-0.1, -0.05) is 11.8 Å². The van der Waals surface area contributed by atoms with E-state index in [9.17, 15) is 0 Å². The maximum Gasteiger partial charge on any atom is 0.145 e. The molecule has 6 heteroatoms. The molecule has 0 radical (unpaired) electrons. The zero-order valence-electron chi connectivity index (χ0n) is 18.5. The van der Waals surface area contributed by atoms with Gasteiger partial charge in [0.2, 0.25) is 0 Å². The first-order valence-electron chi connectivity index (χ1n) is 11.2. The minimum atomic E-state index is 0.460. The van der Waals surface area contributed by atoms with E-state index < -0.39 is 0 Å². The molecule has 0 saturated carbocycles. The summed E-state index contributed by atoms with van der Waals surface area (Å²) in [7, 11) is 0. The van der Waals surface area contributed by atoms with Gasteiger partial charge < -0.3 is 15.4 Å². The van der Waals surface area contributed by atoms with Gasteiger partial charge in [0.1, 0.15) is 23.6 Å². The lowest BCUT2D eigenvalue weighted by Gasteiger charge is -2.17. The summed E-state index contributed by atoms with van der Waals surface area (Å²) in [5, 5.41) is 7.77. The number of hydrogen-bond donors (Lipinski definition) is 2. The predicted octanol–water partition coefficient (Wildman–Crippen LogP) is 5.22. The molecule has 2 aromatic heterocycles. The number of piperidine rings is 1. The monoisotopic (exact) mass is 435 g/mol. The van der Waals surface area contributed by atoms with Crippen LogP contribution < -0.4 is 15.4 Å². The molecular weight excluding hydrogens is 410 g/mol. The fourth-order valence-corrected chi connectivity index (χ4v) is 3.90. The quantitative estimate of drug-likeness (QED) is 0.428. The van der Waals surface area contributed by atoms with Crippen molar-refractivity contribution in [2.75, 3.05) is 18.4 Å². The van der Waals surface area contributed by atoms with Crippen LogP contribution in [0.1, 0.15) is 24.0 Å². The molecule has 0 aliphatic carbocycles. The van der Waals surface area contributed by atoms with Crippen molar-refractivity contribution in [3.8, 4) is 23.3 Å². The Morgan fingerprint density at radius 1 is 1.06 bits per heavy atom. The lowest BCUT2D eigenvalue weighted by Crippen LogP contribution is -2.26. The lowest BCUT2D eigenvalue weighted by molar-refractivity contribution is 0.447.